The third-order valence-electron chi connectivity index (χ3n) is 2.73. The van der Waals surface area contributed by atoms with E-state index in [0.717, 1.165) is 0 Å². The van der Waals surface area contributed by atoms with Crippen LogP contribution in [-0.4, -0.2) is 17.0 Å². The first-order chi connectivity index (χ1) is 9.88. The molecule has 5 nitrogen and oxygen atoms in total. The Kier molecular flexibility index (Phi) is 4.50. The zero-order valence-corrected chi connectivity index (χ0v) is 12.9. The molecule has 2 rings (SSSR count). The summed E-state index contributed by atoms with van der Waals surface area (Å²) < 4.78 is 0.470. The topological polar surface area (TPSA) is 92.4 Å². The first-order valence-electron chi connectivity index (χ1n) is 5.77. The third-order valence-corrected chi connectivity index (χ3v) is 3.71. The van der Waals surface area contributed by atoms with Gasteiger partial charge < -0.3 is 16.2 Å². The molecule has 0 radical (unpaired) electrons. The molecule has 0 heterocycles. The summed E-state index contributed by atoms with van der Waals surface area (Å²) in [5.41, 5.74) is 6.90. The third kappa shape index (κ3) is 3.53. The number of hydrogen-bond donors (Lipinski definition) is 3. The molecule has 0 fully saturated rings. The molecule has 0 aliphatic carbocycles. The Morgan fingerprint density at radius 3 is 2.38 bits per heavy atom. The minimum Gasteiger partial charge on any atom is -0.478 e. The zero-order valence-electron chi connectivity index (χ0n) is 10.6. The molecule has 0 atom stereocenters. The summed E-state index contributed by atoms with van der Waals surface area (Å²) in [6, 6.07) is 8.87. The maximum atomic E-state index is 12.1. The zero-order chi connectivity index (χ0) is 15.6. The van der Waals surface area contributed by atoms with Gasteiger partial charge in [-0.3, -0.25) is 4.79 Å². The van der Waals surface area contributed by atoms with Gasteiger partial charge >= 0.3 is 5.97 Å². The summed E-state index contributed by atoms with van der Waals surface area (Å²) in [6.45, 7) is 0. The van der Waals surface area contributed by atoms with E-state index in [1.54, 1.807) is 12.1 Å². The molecule has 2 aromatic rings. The molecule has 0 unspecified atom stereocenters. The first kappa shape index (κ1) is 15.3. The van der Waals surface area contributed by atoms with Gasteiger partial charge in [-0.05, 0) is 52.3 Å². The minimum absolute atomic E-state index is 0.121. The van der Waals surface area contributed by atoms with Crippen molar-refractivity contribution < 1.29 is 14.7 Å². The summed E-state index contributed by atoms with van der Waals surface area (Å²) >= 11 is 9.09. The number of halogens is 2. The van der Waals surface area contributed by atoms with Crippen molar-refractivity contribution in [2.45, 2.75) is 0 Å². The molecule has 0 saturated carbocycles. The number of rotatable bonds is 3. The summed E-state index contributed by atoms with van der Waals surface area (Å²) in [7, 11) is 0. The van der Waals surface area contributed by atoms with Gasteiger partial charge in [0.15, 0.2) is 0 Å². The van der Waals surface area contributed by atoms with E-state index in [4.69, 9.17) is 22.4 Å². The number of hydrogen-bond acceptors (Lipinski definition) is 3. The van der Waals surface area contributed by atoms with E-state index in [2.05, 4.69) is 21.2 Å². The highest BCUT2D eigenvalue weighted by molar-refractivity contribution is 9.10. The second-order valence-electron chi connectivity index (χ2n) is 4.19. The lowest BCUT2D eigenvalue weighted by molar-refractivity contribution is 0.0696. The van der Waals surface area contributed by atoms with Crippen LogP contribution in [0.4, 0.5) is 11.4 Å². The van der Waals surface area contributed by atoms with Gasteiger partial charge in [-0.25, -0.2) is 4.79 Å². The average Bonchev–Trinajstić information content (AvgIpc) is 2.43. The van der Waals surface area contributed by atoms with Crippen LogP contribution in [0.2, 0.25) is 5.02 Å². The van der Waals surface area contributed by atoms with Crippen molar-refractivity contribution in [2.24, 2.45) is 0 Å². The van der Waals surface area contributed by atoms with Crippen molar-refractivity contribution in [3.63, 3.8) is 0 Å². The van der Waals surface area contributed by atoms with Crippen molar-refractivity contribution in [1.82, 2.24) is 0 Å². The number of carbonyl (C=O) groups is 2. The fourth-order valence-corrected chi connectivity index (χ4v) is 2.27. The van der Waals surface area contributed by atoms with Crippen LogP contribution in [0.3, 0.4) is 0 Å². The van der Waals surface area contributed by atoms with Gasteiger partial charge in [-0.1, -0.05) is 11.6 Å². The Labute approximate surface area is 133 Å². The highest BCUT2D eigenvalue weighted by Crippen LogP contribution is 2.25. The number of aromatic carboxylic acids is 1. The lowest BCUT2D eigenvalue weighted by atomic mass is 10.1. The Hall–Kier alpha value is -2.05. The van der Waals surface area contributed by atoms with Gasteiger partial charge in [0.1, 0.15) is 0 Å². The average molecular weight is 370 g/mol. The van der Waals surface area contributed by atoms with Gasteiger partial charge in [-0.2, -0.15) is 0 Å². The summed E-state index contributed by atoms with van der Waals surface area (Å²) in [5.74, 6) is -1.42. The van der Waals surface area contributed by atoms with Crippen LogP contribution in [0.5, 0.6) is 0 Å². The standard InChI is InChI=1S/C14H10BrClN2O3/c15-9-5-8(14(20)21)2-4-12(9)18-13(19)7-1-3-11(17)10(16)6-7/h1-6H,17H2,(H,18,19)(H,20,21). The fourth-order valence-electron chi connectivity index (χ4n) is 1.61. The number of carboxylic acid groups (broad SMARTS) is 1. The number of nitrogens with two attached hydrogens (primary N) is 1. The normalized spacial score (nSPS) is 10.2. The van der Waals surface area contributed by atoms with Crippen molar-refractivity contribution in [1.29, 1.82) is 0 Å². The smallest absolute Gasteiger partial charge is 0.335 e. The van der Waals surface area contributed by atoms with E-state index in [9.17, 15) is 9.59 Å². The van der Waals surface area contributed by atoms with Gasteiger partial charge in [0, 0.05) is 10.0 Å². The number of benzene rings is 2. The molecule has 2 aromatic carbocycles. The lowest BCUT2D eigenvalue weighted by Gasteiger charge is -2.09. The molecule has 4 N–H and O–H groups in total. The lowest BCUT2D eigenvalue weighted by Crippen LogP contribution is -2.12. The second kappa shape index (κ2) is 6.15. The molecule has 0 aliphatic heterocycles. The number of carbonyl (C=O) groups excluding carboxylic acids is 1. The molecule has 0 aromatic heterocycles. The second-order valence-corrected chi connectivity index (χ2v) is 5.45. The SMILES string of the molecule is Nc1ccc(C(=O)Nc2ccc(C(=O)O)cc2Br)cc1Cl. The number of nitrogen functional groups attached to an aromatic ring is 1. The number of nitrogens with one attached hydrogen (secondary N) is 1. The van der Waals surface area contributed by atoms with Crippen LogP contribution in [0, 0.1) is 0 Å². The Morgan fingerprint density at radius 1 is 1.14 bits per heavy atom. The Bertz CT molecular complexity index is 734. The van der Waals surface area contributed by atoms with Gasteiger partial charge in [0.05, 0.1) is 22.0 Å². The van der Waals surface area contributed by atoms with E-state index in [1.165, 1.54) is 24.3 Å². The predicted molar refractivity (Wildman–Crippen MR) is 84.9 cm³/mol. The van der Waals surface area contributed by atoms with E-state index in [0.29, 0.717) is 26.4 Å². The Balaban J connectivity index is 2.23. The molecular weight excluding hydrogens is 360 g/mol. The summed E-state index contributed by atoms with van der Waals surface area (Å²) in [6.07, 6.45) is 0. The van der Waals surface area contributed by atoms with Crippen molar-refractivity contribution in [2.75, 3.05) is 11.1 Å². The predicted octanol–water partition coefficient (Wildman–Crippen LogP) is 3.64. The number of carboxylic acids is 1. The molecule has 0 saturated heterocycles. The molecule has 21 heavy (non-hydrogen) atoms. The van der Waals surface area contributed by atoms with Gasteiger partial charge in [0.2, 0.25) is 0 Å². The molecule has 7 heteroatoms. The number of amides is 1. The van der Waals surface area contributed by atoms with E-state index >= 15 is 0 Å². The number of anilines is 2. The van der Waals surface area contributed by atoms with Crippen LogP contribution in [0.1, 0.15) is 20.7 Å². The monoisotopic (exact) mass is 368 g/mol. The van der Waals surface area contributed by atoms with Gasteiger partial charge in [0.25, 0.3) is 5.91 Å². The van der Waals surface area contributed by atoms with Crippen molar-refractivity contribution >= 4 is 50.8 Å². The molecule has 0 spiro atoms. The molecule has 0 aliphatic rings. The van der Waals surface area contributed by atoms with Crippen LogP contribution in [-0.2, 0) is 0 Å². The largest absolute Gasteiger partial charge is 0.478 e. The highest BCUT2D eigenvalue weighted by Gasteiger charge is 2.11. The Morgan fingerprint density at radius 2 is 1.81 bits per heavy atom. The molecular formula is C14H10BrClN2O3. The maximum absolute atomic E-state index is 12.1. The molecule has 1 amide bonds. The van der Waals surface area contributed by atoms with E-state index in [1.807, 2.05) is 0 Å². The van der Waals surface area contributed by atoms with E-state index < -0.39 is 5.97 Å². The molecule has 0 bridgehead atoms. The van der Waals surface area contributed by atoms with Crippen LogP contribution in [0.15, 0.2) is 40.9 Å². The van der Waals surface area contributed by atoms with Crippen molar-refractivity contribution in [3.8, 4) is 0 Å². The van der Waals surface area contributed by atoms with Crippen LogP contribution in [0.25, 0.3) is 0 Å². The first-order valence-corrected chi connectivity index (χ1v) is 6.95. The minimum atomic E-state index is -1.04. The van der Waals surface area contributed by atoms with Crippen molar-refractivity contribution in [3.05, 3.63) is 57.0 Å². The van der Waals surface area contributed by atoms with Crippen LogP contribution >= 0.6 is 27.5 Å². The van der Waals surface area contributed by atoms with E-state index in [-0.39, 0.29) is 11.5 Å². The highest BCUT2D eigenvalue weighted by atomic mass is 79.9. The summed E-state index contributed by atoms with van der Waals surface area (Å²) in [5, 5.41) is 11.8. The quantitative estimate of drug-likeness (QED) is 0.720. The van der Waals surface area contributed by atoms with Crippen LogP contribution < -0.4 is 11.1 Å². The summed E-state index contributed by atoms with van der Waals surface area (Å²) in [4.78, 5) is 22.9. The maximum Gasteiger partial charge on any atom is 0.335 e. The van der Waals surface area contributed by atoms with Gasteiger partial charge in [-0.15, -0.1) is 0 Å². The molecule has 108 valence electrons. The fraction of sp³-hybridized carbons (Fsp3) is 0.